The molecule has 1 unspecified atom stereocenters. The molecule has 2 N–H and O–H groups in total. The average molecular weight is 202 g/mol. The van der Waals surface area contributed by atoms with Crippen molar-refractivity contribution in [3.8, 4) is 0 Å². The van der Waals surface area contributed by atoms with Gasteiger partial charge in [-0.1, -0.05) is 0 Å². The Morgan fingerprint density at radius 2 is 2.00 bits per heavy atom. The highest BCUT2D eigenvalue weighted by Gasteiger charge is 2.45. The normalized spacial score (nSPS) is 14.2. The molecule has 4 nitrogen and oxygen atoms in total. The molecule has 0 fully saturated rings. The predicted molar refractivity (Wildman–Crippen MR) is 35.1 cm³/mol. The second kappa shape index (κ2) is 5.03. The molecule has 0 saturated heterocycles. The summed E-state index contributed by atoms with van der Waals surface area (Å²) in [5.41, 5.74) is 0. The van der Waals surface area contributed by atoms with Crippen molar-refractivity contribution >= 4 is 5.97 Å². The van der Waals surface area contributed by atoms with Gasteiger partial charge in [-0.3, -0.25) is 4.79 Å². The van der Waals surface area contributed by atoms with Crippen LogP contribution in [0.1, 0.15) is 0 Å². The lowest BCUT2D eigenvalue weighted by atomic mass is 10.1. The van der Waals surface area contributed by atoms with E-state index < -0.39 is 31.3 Å². The van der Waals surface area contributed by atoms with Crippen molar-refractivity contribution in [1.29, 1.82) is 0 Å². The molecule has 0 spiro atoms. The van der Waals surface area contributed by atoms with Gasteiger partial charge in [0, 0.05) is 0 Å². The molecule has 7 heteroatoms. The third kappa shape index (κ3) is 4.69. The van der Waals surface area contributed by atoms with Gasteiger partial charge in [-0.05, 0) is 0 Å². The van der Waals surface area contributed by atoms with Gasteiger partial charge >= 0.3 is 12.1 Å². The summed E-state index contributed by atoms with van der Waals surface area (Å²) in [6.45, 7) is -1.72. The van der Waals surface area contributed by atoms with Crippen molar-refractivity contribution in [2.24, 2.45) is 5.92 Å². The Balaban J connectivity index is 4.04. The summed E-state index contributed by atoms with van der Waals surface area (Å²) < 4.78 is 39.9. The van der Waals surface area contributed by atoms with Crippen molar-refractivity contribution in [1.82, 2.24) is 0 Å². The number of carboxylic acids is 1. The average Bonchev–Trinajstić information content (AvgIpc) is 1.94. The van der Waals surface area contributed by atoms with Gasteiger partial charge in [-0.25, -0.2) is 0 Å². The number of ether oxygens (including phenoxy) is 1. The van der Waals surface area contributed by atoms with Crippen LogP contribution in [0.15, 0.2) is 0 Å². The molecule has 0 bridgehead atoms. The summed E-state index contributed by atoms with van der Waals surface area (Å²) in [7, 11) is 0. The second-order valence-electron chi connectivity index (χ2n) is 2.23. The maximum atomic E-state index is 11.9. The first-order chi connectivity index (χ1) is 5.89. The number of aliphatic hydroxyl groups is 1. The molecule has 0 heterocycles. The van der Waals surface area contributed by atoms with Gasteiger partial charge in [0.2, 0.25) is 0 Å². The first-order valence-electron chi connectivity index (χ1n) is 3.37. The number of carbonyl (C=O) groups is 1. The quantitative estimate of drug-likeness (QED) is 0.627. The summed E-state index contributed by atoms with van der Waals surface area (Å²) in [6.07, 6.45) is -4.82. The first-order valence-corrected chi connectivity index (χ1v) is 3.37. The Kier molecular flexibility index (Phi) is 4.71. The fourth-order valence-corrected chi connectivity index (χ4v) is 0.572. The third-order valence-electron chi connectivity index (χ3n) is 1.21. The van der Waals surface area contributed by atoms with Crippen LogP contribution < -0.4 is 0 Å². The Labute approximate surface area is 71.9 Å². The van der Waals surface area contributed by atoms with E-state index in [4.69, 9.17) is 10.2 Å². The summed E-state index contributed by atoms with van der Waals surface area (Å²) in [4.78, 5) is 10.1. The van der Waals surface area contributed by atoms with Gasteiger partial charge in [0.25, 0.3) is 0 Å². The Hall–Kier alpha value is -0.820. The van der Waals surface area contributed by atoms with E-state index in [0.29, 0.717) is 0 Å². The summed E-state index contributed by atoms with van der Waals surface area (Å²) >= 11 is 0. The number of aliphatic carboxylic acids is 1. The van der Waals surface area contributed by atoms with Crippen LogP contribution in [0.4, 0.5) is 13.2 Å². The van der Waals surface area contributed by atoms with E-state index in [2.05, 4.69) is 4.74 Å². The molecule has 0 saturated carbocycles. The van der Waals surface area contributed by atoms with Crippen LogP contribution in [-0.4, -0.2) is 42.2 Å². The highest BCUT2D eigenvalue weighted by atomic mass is 19.4. The molecular weight excluding hydrogens is 193 g/mol. The zero-order chi connectivity index (χ0) is 10.5. The van der Waals surface area contributed by atoms with Gasteiger partial charge in [-0.2, -0.15) is 13.2 Å². The number of halogens is 3. The van der Waals surface area contributed by atoms with E-state index in [-0.39, 0.29) is 6.61 Å². The highest BCUT2D eigenvalue weighted by Crippen LogP contribution is 2.26. The van der Waals surface area contributed by atoms with Gasteiger partial charge < -0.3 is 14.9 Å². The number of hydrogen-bond acceptors (Lipinski definition) is 3. The molecule has 0 rings (SSSR count). The fourth-order valence-electron chi connectivity index (χ4n) is 0.572. The molecule has 0 amide bonds. The SMILES string of the molecule is O=C(O)C(COCCO)C(F)(F)F. The van der Waals surface area contributed by atoms with Crippen LogP contribution in [-0.2, 0) is 9.53 Å². The highest BCUT2D eigenvalue weighted by molar-refractivity contribution is 5.71. The minimum Gasteiger partial charge on any atom is -0.481 e. The number of alkyl halides is 3. The maximum absolute atomic E-state index is 11.9. The molecule has 0 radical (unpaired) electrons. The van der Waals surface area contributed by atoms with Crippen LogP contribution in [0, 0.1) is 5.92 Å². The largest absolute Gasteiger partial charge is 0.481 e. The lowest BCUT2D eigenvalue weighted by molar-refractivity contribution is -0.203. The van der Waals surface area contributed by atoms with Gasteiger partial charge in [0.15, 0.2) is 5.92 Å². The Morgan fingerprint density at radius 1 is 1.46 bits per heavy atom. The van der Waals surface area contributed by atoms with E-state index in [1.807, 2.05) is 0 Å². The Bertz CT molecular complexity index is 168. The van der Waals surface area contributed by atoms with Crippen LogP contribution in [0.3, 0.4) is 0 Å². The number of rotatable bonds is 5. The van der Waals surface area contributed by atoms with Crippen molar-refractivity contribution in [2.75, 3.05) is 19.8 Å². The van der Waals surface area contributed by atoms with Crippen molar-refractivity contribution < 1.29 is 32.9 Å². The first kappa shape index (κ1) is 12.2. The molecule has 13 heavy (non-hydrogen) atoms. The molecule has 1 atom stereocenters. The monoisotopic (exact) mass is 202 g/mol. The smallest absolute Gasteiger partial charge is 0.404 e. The fraction of sp³-hybridized carbons (Fsp3) is 0.833. The summed E-state index contributed by atoms with van der Waals surface area (Å²) in [5.74, 6) is -4.51. The molecule has 0 aromatic heterocycles. The molecule has 0 aromatic rings. The third-order valence-corrected chi connectivity index (χ3v) is 1.21. The minimum atomic E-state index is -4.82. The molecule has 0 aromatic carbocycles. The Morgan fingerprint density at radius 3 is 2.31 bits per heavy atom. The lowest BCUT2D eigenvalue weighted by Crippen LogP contribution is -2.34. The van der Waals surface area contributed by atoms with Gasteiger partial charge in [-0.15, -0.1) is 0 Å². The molecule has 0 aliphatic heterocycles. The van der Waals surface area contributed by atoms with Crippen molar-refractivity contribution in [3.63, 3.8) is 0 Å². The summed E-state index contributed by atoms with van der Waals surface area (Å²) in [5, 5.41) is 16.3. The van der Waals surface area contributed by atoms with Gasteiger partial charge in [0.05, 0.1) is 19.8 Å². The second-order valence-corrected chi connectivity index (χ2v) is 2.23. The summed E-state index contributed by atoms with van der Waals surface area (Å²) in [6, 6.07) is 0. The van der Waals surface area contributed by atoms with E-state index in [0.717, 1.165) is 0 Å². The van der Waals surface area contributed by atoms with E-state index >= 15 is 0 Å². The van der Waals surface area contributed by atoms with Crippen LogP contribution in [0.25, 0.3) is 0 Å². The van der Waals surface area contributed by atoms with Gasteiger partial charge in [0.1, 0.15) is 0 Å². The zero-order valence-electron chi connectivity index (χ0n) is 6.54. The molecule has 78 valence electrons. The molecule has 0 aliphatic carbocycles. The van der Waals surface area contributed by atoms with Crippen LogP contribution in [0.5, 0.6) is 0 Å². The van der Waals surface area contributed by atoms with Crippen molar-refractivity contribution in [2.45, 2.75) is 6.18 Å². The minimum absolute atomic E-state index is 0.306. The lowest BCUT2D eigenvalue weighted by Gasteiger charge is -2.15. The molecule has 0 aliphatic rings. The zero-order valence-corrected chi connectivity index (χ0v) is 6.54. The predicted octanol–water partition coefficient (Wildman–Crippen LogP) is 0.258. The number of aliphatic hydroxyl groups excluding tert-OH is 1. The topological polar surface area (TPSA) is 66.8 Å². The standard InChI is InChI=1S/C6H9F3O4/c7-6(8,9)4(5(11)12)3-13-2-1-10/h4,10H,1-3H2,(H,11,12). The number of carboxylic acid groups (broad SMARTS) is 1. The van der Waals surface area contributed by atoms with E-state index in [1.165, 1.54) is 0 Å². The molecular formula is C6H9F3O4. The van der Waals surface area contributed by atoms with Crippen LogP contribution >= 0.6 is 0 Å². The number of hydrogen-bond donors (Lipinski definition) is 2. The van der Waals surface area contributed by atoms with Crippen LogP contribution in [0.2, 0.25) is 0 Å². The van der Waals surface area contributed by atoms with E-state index in [1.54, 1.807) is 0 Å². The maximum Gasteiger partial charge on any atom is 0.404 e. The van der Waals surface area contributed by atoms with E-state index in [9.17, 15) is 18.0 Å². The van der Waals surface area contributed by atoms with Crippen molar-refractivity contribution in [3.05, 3.63) is 0 Å².